The first-order valence-corrected chi connectivity index (χ1v) is 11.4. The van der Waals surface area contributed by atoms with Crippen LogP contribution in [0, 0.1) is 0 Å². The molecular formula is C19H23N3O4S2. The highest BCUT2D eigenvalue weighted by Gasteiger charge is 2.21. The zero-order valence-corrected chi connectivity index (χ0v) is 17.7. The summed E-state index contributed by atoms with van der Waals surface area (Å²) in [7, 11) is -0.696. The van der Waals surface area contributed by atoms with Crippen LogP contribution >= 0.6 is 11.8 Å². The molecule has 2 aromatic heterocycles. The molecule has 7 nitrogen and oxygen atoms in total. The van der Waals surface area contributed by atoms with Gasteiger partial charge in [-0.3, -0.25) is 9.36 Å². The van der Waals surface area contributed by atoms with Crippen molar-refractivity contribution in [3.8, 4) is 0 Å². The highest BCUT2D eigenvalue weighted by atomic mass is 32.2. The molecule has 0 N–H and O–H groups in total. The van der Waals surface area contributed by atoms with Gasteiger partial charge in [-0.2, -0.15) is 0 Å². The average Bonchev–Trinajstić information content (AvgIpc) is 3.15. The van der Waals surface area contributed by atoms with Crippen molar-refractivity contribution in [1.29, 1.82) is 0 Å². The molecule has 9 heteroatoms. The summed E-state index contributed by atoms with van der Waals surface area (Å²) in [4.78, 5) is 17.5. The van der Waals surface area contributed by atoms with Crippen molar-refractivity contribution in [1.82, 2.24) is 13.9 Å². The van der Waals surface area contributed by atoms with Gasteiger partial charge in [0.15, 0.2) is 5.16 Å². The molecule has 0 amide bonds. The first-order valence-electron chi connectivity index (χ1n) is 8.98. The van der Waals surface area contributed by atoms with Crippen molar-refractivity contribution < 1.29 is 12.8 Å². The summed E-state index contributed by atoms with van der Waals surface area (Å²) in [6.07, 6.45) is 1.84. The molecule has 0 aliphatic carbocycles. The monoisotopic (exact) mass is 421 g/mol. The second-order valence-corrected chi connectivity index (χ2v) is 9.54. The van der Waals surface area contributed by atoms with Crippen LogP contribution in [0.1, 0.15) is 25.5 Å². The van der Waals surface area contributed by atoms with Crippen LogP contribution in [-0.4, -0.2) is 36.4 Å². The van der Waals surface area contributed by atoms with Crippen LogP contribution in [0.25, 0.3) is 10.9 Å². The molecule has 0 radical (unpaired) electrons. The summed E-state index contributed by atoms with van der Waals surface area (Å²) < 4.78 is 32.6. The molecule has 28 heavy (non-hydrogen) atoms. The first-order chi connectivity index (χ1) is 13.3. The molecule has 0 fully saturated rings. The Morgan fingerprint density at radius 3 is 2.64 bits per heavy atom. The van der Waals surface area contributed by atoms with Crippen LogP contribution in [0.15, 0.2) is 55.9 Å². The average molecular weight is 422 g/mol. The van der Waals surface area contributed by atoms with Crippen molar-refractivity contribution in [2.45, 2.75) is 42.3 Å². The molecule has 1 aromatic carbocycles. The maximum atomic E-state index is 12.9. The molecule has 150 valence electrons. The van der Waals surface area contributed by atoms with E-state index < -0.39 is 10.0 Å². The van der Waals surface area contributed by atoms with Gasteiger partial charge in [-0.05, 0) is 30.7 Å². The molecule has 0 aliphatic heterocycles. The number of para-hydroxylation sites is 1. The van der Waals surface area contributed by atoms with E-state index in [0.717, 1.165) is 17.1 Å². The van der Waals surface area contributed by atoms with Gasteiger partial charge in [0, 0.05) is 20.6 Å². The topological polar surface area (TPSA) is 85.4 Å². The lowest BCUT2D eigenvalue weighted by Crippen LogP contribution is -2.23. The lowest BCUT2D eigenvalue weighted by atomic mass is 10.2. The minimum absolute atomic E-state index is 0.0585. The third kappa shape index (κ3) is 4.16. The Morgan fingerprint density at radius 2 is 1.93 bits per heavy atom. The number of hydrogen-bond donors (Lipinski definition) is 0. The summed E-state index contributed by atoms with van der Waals surface area (Å²) in [5, 5.41) is 1.11. The Kier molecular flexibility index (Phi) is 6.26. The van der Waals surface area contributed by atoms with Crippen LogP contribution in [0.2, 0.25) is 0 Å². The van der Waals surface area contributed by atoms with Gasteiger partial charge in [-0.15, -0.1) is 0 Å². The predicted octanol–water partition coefficient (Wildman–Crippen LogP) is 3.33. The van der Waals surface area contributed by atoms with Crippen LogP contribution in [0.5, 0.6) is 0 Å². The lowest BCUT2D eigenvalue weighted by molar-refractivity contribution is 0.408. The van der Waals surface area contributed by atoms with Gasteiger partial charge in [0.2, 0.25) is 5.09 Å². The van der Waals surface area contributed by atoms with Crippen LogP contribution in [0.4, 0.5) is 0 Å². The fourth-order valence-electron chi connectivity index (χ4n) is 2.66. The van der Waals surface area contributed by atoms with Gasteiger partial charge in [-0.25, -0.2) is 17.7 Å². The fourth-order valence-corrected chi connectivity index (χ4v) is 4.39. The Bertz CT molecular complexity index is 1130. The maximum absolute atomic E-state index is 12.9. The number of unbranched alkanes of at least 4 members (excludes halogenated alkanes) is 1. The van der Waals surface area contributed by atoms with Crippen molar-refractivity contribution in [3.63, 3.8) is 0 Å². The molecule has 0 saturated carbocycles. The molecule has 0 bridgehead atoms. The highest BCUT2D eigenvalue weighted by molar-refractivity contribution is 7.98. The quantitative estimate of drug-likeness (QED) is 0.410. The van der Waals surface area contributed by atoms with Gasteiger partial charge in [0.25, 0.3) is 15.6 Å². The van der Waals surface area contributed by atoms with Crippen molar-refractivity contribution in [3.05, 3.63) is 52.5 Å². The van der Waals surface area contributed by atoms with E-state index in [1.54, 1.807) is 16.7 Å². The summed E-state index contributed by atoms with van der Waals surface area (Å²) >= 11 is 1.36. The zero-order chi connectivity index (χ0) is 20.3. The van der Waals surface area contributed by atoms with E-state index in [-0.39, 0.29) is 10.7 Å². The fraction of sp³-hybridized carbons (Fsp3) is 0.368. The van der Waals surface area contributed by atoms with Gasteiger partial charge >= 0.3 is 0 Å². The predicted molar refractivity (Wildman–Crippen MR) is 110 cm³/mol. The van der Waals surface area contributed by atoms with Crippen molar-refractivity contribution in [2.75, 3.05) is 14.1 Å². The van der Waals surface area contributed by atoms with E-state index in [1.165, 1.54) is 31.9 Å². The Labute approximate surface area is 168 Å². The minimum Gasteiger partial charge on any atom is -0.447 e. The normalized spacial score (nSPS) is 12.1. The van der Waals surface area contributed by atoms with Crippen LogP contribution in [-0.2, 0) is 22.3 Å². The van der Waals surface area contributed by atoms with Gasteiger partial charge in [0.05, 0.1) is 16.7 Å². The van der Waals surface area contributed by atoms with E-state index >= 15 is 0 Å². The number of rotatable bonds is 8. The summed E-state index contributed by atoms with van der Waals surface area (Å²) in [5.74, 6) is 0.884. The Hall–Kier alpha value is -2.10. The lowest BCUT2D eigenvalue weighted by Gasteiger charge is -2.12. The van der Waals surface area contributed by atoms with E-state index in [2.05, 4.69) is 11.9 Å². The highest BCUT2D eigenvalue weighted by Crippen LogP contribution is 2.25. The molecular weight excluding hydrogens is 398 g/mol. The van der Waals surface area contributed by atoms with Crippen LogP contribution < -0.4 is 5.56 Å². The van der Waals surface area contributed by atoms with Gasteiger partial charge < -0.3 is 4.42 Å². The smallest absolute Gasteiger partial charge is 0.275 e. The SMILES string of the molecule is CCCCn1c(SCc2ccc(S(=O)(=O)N(C)C)o2)nc2ccccc2c1=O. The molecule has 0 spiro atoms. The number of hydrogen-bond acceptors (Lipinski definition) is 6. The van der Waals surface area contributed by atoms with Crippen LogP contribution in [0.3, 0.4) is 0 Å². The zero-order valence-electron chi connectivity index (χ0n) is 16.1. The van der Waals surface area contributed by atoms with E-state index in [0.29, 0.717) is 34.1 Å². The Morgan fingerprint density at radius 1 is 1.18 bits per heavy atom. The summed E-state index contributed by atoms with van der Waals surface area (Å²) in [6.45, 7) is 2.66. The summed E-state index contributed by atoms with van der Waals surface area (Å²) in [6, 6.07) is 10.4. The molecule has 0 aliphatic rings. The molecule has 3 rings (SSSR count). The molecule has 0 saturated heterocycles. The first kappa shape index (κ1) is 20.6. The Balaban J connectivity index is 1.90. The number of benzene rings is 1. The number of nitrogens with zero attached hydrogens (tertiary/aromatic N) is 3. The van der Waals surface area contributed by atoms with Gasteiger partial charge in [-0.1, -0.05) is 37.2 Å². The third-order valence-corrected chi connectivity index (χ3v) is 6.97. The number of sulfonamides is 1. The minimum atomic E-state index is -3.61. The third-order valence-electron chi connectivity index (χ3n) is 4.28. The molecule has 0 unspecified atom stereocenters. The molecule has 0 atom stereocenters. The molecule has 2 heterocycles. The molecule has 3 aromatic rings. The van der Waals surface area contributed by atoms with Gasteiger partial charge in [0.1, 0.15) is 5.76 Å². The van der Waals surface area contributed by atoms with E-state index in [9.17, 15) is 13.2 Å². The number of fused-ring (bicyclic) bond motifs is 1. The number of aromatic nitrogens is 2. The van der Waals surface area contributed by atoms with E-state index in [4.69, 9.17) is 4.42 Å². The second-order valence-electron chi connectivity index (χ2n) is 6.52. The van der Waals surface area contributed by atoms with Crippen molar-refractivity contribution in [2.24, 2.45) is 0 Å². The second kappa shape index (κ2) is 8.50. The largest absolute Gasteiger partial charge is 0.447 e. The van der Waals surface area contributed by atoms with E-state index in [1.807, 2.05) is 18.2 Å². The maximum Gasteiger partial charge on any atom is 0.275 e. The van der Waals surface area contributed by atoms with Crippen molar-refractivity contribution >= 4 is 32.7 Å². The summed E-state index contributed by atoms with van der Waals surface area (Å²) in [5.41, 5.74) is 0.593. The standard InChI is InChI=1S/C19H23N3O4S2/c1-4-5-12-22-18(23)15-8-6-7-9-16(15)20-19(22)27-13-14-10-11-17(26-14)28(24,25)21(2)3/h6-11H,4-5,12-13H2,1-3H3. The number of thioether (sulfide) groups is 1. The number of furan rings is 1.